The Kier molecular flexibility index (Phi) is 12.4. The fourth-order valence-electron chi connectivity index (χ4n) is 16.1. The molecule has 10 aromatic rings. The molecule has 10 aromatic carbocycles. The Bertz CT molecular complexity index is 4620. The van der Waals surface area contributed by atoms with Gasteiger partial charge in [-0.25, -0.2) is 0 Å². The van der Waals surface area contributed by atoms with Crippen molar-refractivity contribution in [3.63, 3.8) is 0 Å². The number of aryl methyl sites for hydroxylation is 2. The van der Waals surface area contributed by atoms with Crippen LogP contribution >= 0.6 is 0 Å². The Morgan fingerprint density at radius 2 is 0.767 bits per heavy atom. The number of fused-ring (bicyclic) bond motifs is 8. The van der Waals surface area contributed by atoms with Crippen molar-refractivity contribution in [2.24, 2.45) is 0 Å². The van der Waals surface area contributed by atoms with E-state index in [0.29, 0.717) is 5.56 Å². The van der Waals surface area contributed by atoms with E-state index in [9.17, 15) is 4.11 Å². The van der Waals surface area contributed by atoms with Crippen molar-refractivity contribution in [2.45, 2.75) is 169 Å². The maximum absolute atomic E-state index is 9.63. The highest BCUT2D eigenvalue weighted by Crippen LogP contribution is 2.57. The first-order valence-corrected chi connectivity index (χ1v) is 32.8. The third kappa shape index (κ3) is 9.03. The minimum absolute atomic E-state index is 0.0410. The predicted octanol–water partition coefficient (Wildman–Crippen LogP) is 21.3. The summed E-state index contributed by atoms with van der Waals surface area (Å²) >= 11 is 0. The van der Waals surface area contributed by atoms with Gasteiger partial charge in [0.1, 0.15) is 0 Å². The number of anilines is 9. The van der Waals surface area contributed by atoms with Gasteiger partial charge < -0.3 is 14.7 Å². The van der Waals surface area contributed by atoms with Gasteiger partial charge in [0.25, 0.3) is 6.71 Å². The van der Waals surface area contributed by atoms with Crippen LogP contribution in [0.3, 0.4) is 0 Å². The van der Waals surface area contributed by atoms with Crippen LogP contribution in [-0.2, 0) is 37.9 Å². The van der Waals surface area contributed by atoms with Gasteiger partial charge in [-0.3, -0.25) is 0 Å². The maximum atomic E-state index is 9.63. The summed E-state index contributed by atoms with van der Waals surface area (Å²) in [5.74, 6) is 0. The largest absolute Gasteiger partial charge is 0.311 e. The molecule has 452 valence electrons. The minimum atomic E-state index is -2.49. The lowest BCUT2D eigenvalue weighted by molar-refractivity contribution is 0.520. The summed E-state index contributed by atoms with van der Waals surface area (Å²) in [5, 5.41) is 0. The number of hydrogen-bond acceptors (Lipinski definition) is 3. The van der Waals surface area contributed by atoms with Gasteiger partial charge >= 0.3 is 0 Å². The molecule has 14 rings (SSSR count). The molecule has 0 bridgehead atoms. The van der Waals surface area contributed by atoms with Crippen LogP contribution in [-0.4, -0.2) is 6.71 Å². The van der Waals surface area contributed by atoms with Crippen LogP contribution in [0.1, 0.15) is 194 Å². The summed E-state index contributed by atoms with van der Waals surface area (Å²) in [4.78, 5) is 7.37. The average molecular weight is 1180 g/mol. The van der Waals surface area contributed by atoms with E-state index >= 15 is 0 Å². The van der Waals surface area contributed by atoms with Crippen LogP contribution in [0.5, 0.6) is 0 Å². The lowest BCUT2D eigenvalue weighted by atomic mass is 9.33. The number of benzene rings is 10. The number of nitrogens with zero attached hydrogens (tertiary/aromatic N) is 3. The summed E-state index contributed by atoms with van der Waals surface area (Å²) in [7, 11) is 0. The molecule has 90 heavy (non-hydrogen) atoms. The molecule has 0 N–H and O–H groups in total. The molecule has 2 heterocycles. The zero-order chi connectivity index (χ0) is 66.2. The van der Waals surface area contributed by atoms with Crippen molar-refractivity contribution in [2.75, 3.05) is 14.7 Å². The normalized spacial score (nSPS) is 16.9. The van der Waals surface area contributed by atoms with Gasteiger partial charge in [0.15, 0.2) is 0 Å². The van der Waals surface area contributed by atoms with Crippen molar-refractivity contribution in [1.82, 2.24) is 0 Å². The smallest absolute Gasteiger partial charge is 0.252 e. The Morgan fingerprint density at radius 3 is 1.24 bits per heavy atom. The van der Waals surface area contributed by atoms with Crippen LogP contribution in [0.25, 0.3) is 11.1 Å². The van der Waals surface area contributed by atoms with Gasteiger partial charge in [-0.1, -0.05) is 245 Å². The van der Waals surface area contributed by atoms with Gasteiger partial charge in [0.2, 0.25) is 0 Å². The fraction of sp³-hybridized carbons (Fsp3) is 0.302. The van der Waals surface area contributed by atoms with Crippen LogP contribution in [0.15, 0.2) is 200 Å². The molecule has 0 saturated carbocycles. The second-order valence-corrected chi connectivity index (χ2v) is 31.8. The van der Waals surface area contributed by atoms with E-state index < -0.39 is 6.85 Å². The number of rotatable bonds is 6. The van der Waals surface area contributed by atoms with Crippen LogP contribution < -0.4 is 31.1 Å². The molecule has 0 saturated heterocycles. The standard InChI is InChI=1S/C86H90BN3/c1-53-45-77-79-78(46-53)90(74-51-69-67(47-54(74)2)83(12,13)63-29-23-25-31-65(63)85(69,16)17)76-52-70-68(84(14,15)64-30-24-26-32-66(64)86(70,18)19)50-72(76)87(79)71-43-42-61(49-75(71)89(77)73-44-37-58(82(9,10)11)48-62(73)55-27-21-20-22-28-55)88(59-38-33-56(34-39-59)80(3,4)5)60-40-35-57(36-41-60)81(6,7)8/h20-52H,1-19H3/i1D3. The molecule has 0 amide bonds. The molecule has 3 nitrogen and oxygen atoms in total. The van der Waals surface area contributed by atoms with Crippen LogP contribution in [0, 0.1) is 13.8 Å². The van der Waals surface area contributed by atoms with E-state index in [4.69, 9.17) is 0 Å². The second-order valence-electron chi connectivity index (χ2n) is 31.8. The van der Waals surface area contributed by atoms with Gasteiger partial charge in [-0.15, -0.1) is 0 Å². The van der Waals surface area contributed by atoms with Crippen molar-refractivity contribution in [3.05, 3.63) is 273 Å². The highest BCUT2D eigenvalue weighted by atomic mass is 15.2. The summed E-state index contributed by atoms with van der Waals surface area (Å²) in [6, 6.07) is 75.4. The molecule has 0 unspecified atom stereocenters. The van der Waals surface area contributed by atoms with Crippen molar-refractivity contribution in [3.8, 4) is 11.1 Å². The summed E-state index contributed by atoms with van der Waals surface area (Å²) < 4.78 is 28.9. The lowest BCUT2D eigenvalue weighted by Gasteiger charge is -2.49. The topological polar surface area (TPSA) is 9.72 Å². The molecule has 0 radical (unpaired) electrons. The van der Waals surface area contributed by atoms with E-state index in [1.807, 2.05) is 12.1 Å². The van der Waals surface area contributed by atoms with Gasteiger partial charge in [-0.05, 0) is 197 Å². The van der Waals surface area contributed by atoms with E-state index in [-0.39, 0.29) is 44.6 Å². The zero-order valence-electron chi connectivity index (χ0n) is 59.5. The molecule has 0 atom stereocenters. The molecule has 2 aliphatic carbocycles. The maximum Gasteiger partial charge on any atom is 0.252 e. The Labute approximate surface area is 543 Å². The summed E-state index contributed by atoms with van der Waals surface area (Å²) in [6.07, 6.45) is 0. The van der Waals surface area contributed by atoms with Crippen LogP contribution in [0.4, 0.5) is 51.2 Å². The Hall–Kier alpha value is -8.34. The molecular weight excluding hydrogens is 1090 g/mol. The third-order valence-corrected chi connectivity index (χ3v) is 21.4. The van der Waals surface area contributed by atoms with Crippen molar-refractivity contribution >= 4 is 74.3 Å². The highest BCUT2D eigenvalue weighted by Gasteiger charge is 2.50. The Morgan fingerprint density at radius 1 is 0.356 bits per heavy atom. The molecule has 0 spiro atoms. The predicted molar refractivity (Wildman–Crippen MR) is 388 cm³/mol. The van der Waals surface area contributed by atoms with Crippen molar-refractivity contribution < 1.29 is 4.11 Å². The van der Waals surface area contributed by atoms with Crippen molar-refractivity contribution in [1.29, 1.82) is 0 Å². The van der Waals surface area contributed by atoms with E-state index in [1.165, 1.54) is 66.7 Å². The molecule has 4 aliphatic rings. The minimum Gasteiger partial charge on any atom is -0.311 e. The highest BCUT2D eigenvalue weighted by molar-refractivity contribution is 7.00. The molecule has 2 aliphatic heterocycles. The Balaban J connectivity index is 1.13. The first kappa shape index (κ1) is 55.7. The van der Waals surface area contributed by atoms with Crippen LogP contribution in [0.2, 0.25) is 0 Å². The molecular formula is C86H90BN3. The average Bonchev–Trinajstić information content (AvgIpc) is 0.684. The third-order valence-electron chi connectivity index (χ3n) is 21.4. The van der Waals surface area contributed by atoms with Gasteiger partial charge in [0, 0.05) is 76.8 Å². The molecule has 0 fully saturated rings. The first-order valence-electron chi connectivity index (χ1n) is 34.3. The summed E-state index contributed by atoms with van der Waals surface area (Å²) in [6.45, 7) is 39.1. The lowest BCUT2D eigenvalue weighted by Crippen LogP contribution is -2.62. The fourth-order valence-corrected chi connectivity index (χ4v) is 16.1. The molecule has 4 heteroatoms. The van der Waals surface area contributed by atoms with Gasteiger partial charge in [-0.2, -0.15) is 0 Å². The quantitative estimate of drug-likeness (QED) is 0.154. The zero-order valence-corrected chi connectivity index (χ0v) is 56.5. The van der Waals surface area contributed by atoms with E-state index in [2.05, 4.69) is 327 Å². The monoisotopic (exact) mass is 1180 g/mol. The molecule has 0 aromatic heterocycles. The van der Waals surface area contributed by atoms with E-state index in [0.717, 1.165) is 78.8 Å². The van der Waals surface area contributed by atoms with Gasteiger partial charge in [0.05, 0.1) is 5.69 Å². The summed E-state index contributed by atoms with van der Waals surface area (Å²) in [5.41, 5.74) is 28.6. The SMILES string of the molecule is [2H]C([2H])([2H])c1cc2c3c(c1)N(c1ccc(C(C)(C)C)cc1-c1ccccc1)c1cc(N(c4ccc(C(C)(C)C)cc4)c4ccc(C(C)(C)C)cc4)ccc1B3c1cc3c(cc1N2c1cc2c(cc1C)C(C)(C)c1ccccc1C2(C)C)C(C)(C)c1ccccc1C3(C)C. The number of hydrogen-bond donors (Lipinski definition) is 0. The first-order chi connectivity index (χ1) is 43.6. The van der Waals surface area contributed by atoms with E-state index in [1.54, 1.807) is 0 Å². The second kappa shape index (κ2) is 20.1.